The molecule has 1 unspecified atom stereocenters. The Hall–Kier alpha value is -1.62. The minimum Gasteiger partial charge on any atom is -0.481 e. The summed E-state index contributed by atoms with van der Waals surface area (Å²) in [4.78, 5) is 28.9. The van der Waals surface area contributed by atoms with E-state index >= 15 is 0 Å². The Morgan fingerprint density at radius 3 is 2.90 bits per heavy atom. The van der Waals surface area contributed by atoms with Crippen molar-refractivity contribution in [3.05, 3.63) is 28.5 Å². The molecule has 6 heteroatoms. The highest BCUT2D eigenvalue weighted by Crippen LogP contribution is 2.22. The van der Waals surface area contributed by atoms with E-state index in [1.165, 1.54) is 0 Å². The number of aliphatic carboxylic acids is 1. The summed E-state index contributed by atoms with van der Waals surface area (Å²) in [5.74, 6) is -0.874. The predicted octanol–water partition coefficient (Wildman–Crippen LogP) is 2.23. The number of carbonyl (C=O) groups is 2. The van der Waals surface area contributed by atoms with Crippen molar-refractivity contribution in [2.45, 2.75) is 26.2 Å². The van der Waals surface area contributed by atoms with Crippen molar-refractivity contribution in [1.29, 1.82) is 0 Å². The lowest BCUT2D eigenvalue weighted by Gasteiger charge is -2.16. The third-order valence-corrected chi connectivity index (χ3v) is 3.69. The molecule has 1 saturated heterocycles. The van der Waals surface area contributed by atoms with Gasteiger partial charge in [-0.1, -0.05) is 18.5 Å². The van der Waals surface area contributed by atoms with Crippen LogP contribution in [0.4, 0.5) is 0 Å². The van der Waals surface area contributed by atoms with E-state index in [2.05, 4.69) is 4.98 Å². The molecule has 0 bridgehead atoms. The summed E-state index contributed by atoms with van der Waals surface area (Å²) >= 11 is 5.92. The van der Waals surface area contributed by atoms with Crippen LogP contribution < -0.4 is 0 Å². The van der Waals surface area contributed by atoms with E-state index in [4.69, 9.17) is 16.7 Å². The van der Waals surface area contributed by atoms with Crippen molar-refractivity contribution < 1.29 is 14.7 Å². The minimum absolute atomic E-state index is 0.0411. The van der Waals surface area contributed by atoms with E-state index < -0.39 is 5.97 Å². The molecule has 0 radical (unpaired) electrons. The van der Waals surface area contributed by atoms with E-state index in [9.17, 15) is 9.59 Å². The largest absolute Gasteiger partial charge is 0.481 e. The van der Waals surface area contributed by atoms with Crippen molar-refractivity contribution in [1.82, 2.24) is 9.88 Å². The first-order valence-electron chi connectivity index (χ1n) is 6.67. The topological polar surface area (TPSA) is 70.5 Å². The summed E-state index contributed by atoms with van der Waals surface area (Å²) in [7, 11) is 0. The molecule has 1 amide bonds. The first-order valence-corrected chi connectivity index (χ1v) is 7.05. The van der Waals surface area contributed by atoms with Gasteiger partial charge in [0.15, 0.2) is 0 Å². The summed E-state index contributed by atoms with van der Waals surface area (Å²) < 4.78 is 0. The Balaban J connectivity index is 2.09. The number of halogens is 1. The monoisotopic (exact) mass is 296 g/mol. The maximum absolute atomic E-state index is 12.4. The lowest BCUT2D eigenvalue weighted by molar-refractivity contribution is -0.138. The number of aromatic nitrogens is 1. The van der Waals surface area contributed by atoms with Crippen molar-refractivity contribution in [3.8, 4) is 0 Å². The summed E-state index contributed by atoms with van der Waals surface area (Å²) in [6.45, 7) is 3.04. The van der Waals surface area contributed by atoms with Crippen LogP contribution in [0.1, 0.15) is 35.8 Å². The number of carboxylic acids is 1. The van der Waals surface area contributed by atoms with Crippen molar-refractivity contribution in [2.75, 3.05) is 13.1 Å². The number of rotatable bonds is 4. The van der Waals surface area contributed by atoms with Crippen molar-refractivity contribution >= 4 is 23.5 Å². The molecule has 0 spiro atoms. The first-order chi connectivity index (χ1) is 9.49. The van der Waals surface area contributed by atoms with Gasteiger partial charge < -0.3 is 10.0 Å². The number of amides is 1. The van der Waals surface area contributed by atoms with Gasteiger partial charge in [0.25, 0.3) is 5.91 Å². The number of hydrogen-bond acceptors (Lipinski definition) is 3. The van der Waals surface area contributed by atoms with Crippen LogP contribution in [0.3, 0.4) is 0 Å². The van der Waals surface area contributed by atoms with Gasteiger partial charge in [-0.25, -0.2) is 4.98 Å². The number of nitrogens with zero attached hydrogens (tertiary/aromatic N) is 2. The zero-order valence-corrected chi connectivity index (χ0v) is 12.1. The second kappa shape index (κ2) is 6.22. The minimum atomic E-state index is -0.815. The molecule has 1 aromatic rings. The highest BCUT2D eigenvalue weighted by molar-refractivity contribution is 6.29. The van der Waals surface area contributed by atoms with Gasteiger partial charge in [0, 0.05) is 30.8 Å². The lowest BCUT2D eigenvalue weighted by atomic mass is 10.1. The second-order valence-corrected chi connectivity index (χ2v) is 5.41. The third-order valence-electron chi connectivity index (χ3n) is 3.49. The molecule has 20 heavy (non-hydrogen) atoms. The molecule has 0 aliphatic carbocycles. The van der Waals surface area contributed by atoms with E-state index in [0.717, 1.165) is 12.1 Å². The molecule has 0 saturated carbocycles. The fourth-order valence-corrected chi connectivity index (χ4v) is 2.70. The number of pyridine rings is 1. The second-order valence-electron chi connectivity index (χ2n) is 5.03. The standard InChI is InChI=1S/C14H17ClN2O3/c1-2-11-6-10(7-12(15)16-11)14(20)17-4-3-9(8-17)5-13(18)19/h6-7,9H,2-5,8H2,1H3,(H,18,19). The summed E-state index contributed by atoms with van der Waals surface area (Å²) in [5, 5.41) is 9.11. The molecule has 1 aromatic heterocycles. The summed E-state index contributed by atoms with van der Waals surface area (Å²) in [5.41, 5.74) is 1.31. The lowest BCUT2D eigenvalue weighted by Crippen LogP contribution is -2.29. The number of hydrogen-bond donors (Lipinski definition) is 1. The van der Waals surface area contributed by atoms with Crippen molar-refractivity contribution in [3.63, 3.8) is 0 Å². The maximum atomic E-state index is 12.4. The molecule has 1 fully saturated rings. The Bertz CT molecular complexity index is 533. The highest BCUT2D eigenvalue weighted by Gasteiger charge is 2.28. The van der Waals surface area contributed by atoms with Crippen LogP contribution in [0.5, 0.6) is 0 Å². The molecule has 1 aliphatic rings. The maximum Gasteiger partial charge on any atom is 0.303 e. The molecular formula is C14H17ClN2O3. The van der Waals surface area contributed by atoms with Gasteiger partial charge in [-0.3, -0.25) is 9.59 Å². The Kier molecular flexibility index (Phi) is 4.60. The van der Waals surface area contributed by atoms with Gasteiger partial charge >= 0.3 is 5.97 Å². The molecule has 5 nitrogen and oxygen atoms in total. The SMILES string of the molecule is CCc1cc(C(=O)N2CCC(CC(=O)O)C2)cc(Cl)n1. The van der Waals surface area contributed by atoms with E-state index in [1.54, 1.807) is 17.0 Å². The molecule has 1 atom stereocenters. The summed E-state index contributed by atoms with van der Waals surface area (Å²) in [6.07, 6.45) is 1.56. The van der Waals surface area contributed by atoms with Gasteiger partial charge in [0.1, 0.15) is 5.15 Å². The molecule has 2 heterocycles. The predicted molar refractivity (Wildman–Crippen MR) is 74.9 cm³/mol. The Morgan fingerprint density at radius 2 is 2.25 bits per heavy atom. The number of carboxylic acid groups (broad SMARTS) is 1. The average molecular weight is 297 g/mol. The molecular weight excluding hydrogens is 280 g/mol. The van der Waals surface area contributed by atoms with Gasteiger partial charge in [-0.2, -0.15) is 0 Å². The van der Waals surface area contributed by atoms with Crippen LogP contribution in [0, 0.1) is 5.92 Å². The zero-order chi connectivity index (χ0) is 14.7. The quantitative estimate of drug-likeness (QED) is 0.865. The van der Waals surface area contributed by atoms with Crippen LogP contribution in [-0.4, -0.2) is 40.0 Å². The van der Waals surface area contributed by atoms with E-state index in [1.807, 2.05) is 6.92 Å². The molecule has 1 aliphatic heterocycles. The first kappa shape index (κ1) is 14.8. The van der Waals surface area contributed by atoms with Gasteiger partial charge in [0.2, 0.25) is 0 Å². The number of aryl methyl sites for hydroxylation is 1. The number of carbonyl (C=O) groups excluding carboxylic acids is 1. The number of likely N-dealkylation sites (tertiary alicyclic amines) is 1. The highest BCUT2D eigenvalue weighted by atomic mass is 35.5. The van der Waals surface area contributed by atoms with Gasteiger partial charge in [0.05, 0.1) is 0 Å². The normalized spacial score (nSPS) is 18.3. The fraction of sp³-hybridized carbons (Fsp3) is 0.500. The van der Waals surface area contributed by atoms with E-state index in [-0.39, 0.29) is 18.2 Å². The van der Waals surface area contributed by atoms with E-state index in [0.29, 0.717) is 30.2 Å². The third kappa shape index (κ3) is 3.48. The Labute approximate surface area is 122 Å². The molecule has 0 aromatic carbocycles. The van der Waals surface area contributed by atoms with Crippen LogP contribution >= 0.6 is 11.6 Å². The molecule has 108 valence electrons. The Morgan fingerprint density at radius 1 is 1.50 bits per heavy atom. The van der Waals surface area contributed by atoms with Gasteiger partial charge in [-0.15, -0.1) is 0 Å². The average Bonchev–Trinajstić information content (AvgIpc) is 2.84. The zero-order valence-electron chi connectivity index (χ0n) is 11.3. The van der Waals surface area contributed by atoms with Crippen molar-refractivity contribution in [2.24, 2.45) is 5.92 Å². The smallest absolute Gasteiger partial charge is 0.303 e. The van der Waals surface area contributed by atoms with Crippen LogP contribution in [-0.2, 0) is 11.2 Å². The fourth-order valence-electron chi connectivity index (χ4n) is 2.47. The van der Waals surface area contributed by atoms with Gasteiger partial charge in [-0.05, 0) is 30.9 Å². The van der Waals surface area contributed by atoms with Crippen LogP contribution in [0.25, 0.3) is 0 Å². The molecule has 1 N–H and O–H groups in total. The van der Waals surface area contributed by atoms with Crippen LogP contribution in [0.15, 0.2) is 12.1 Å². The van der Waals surface area contributed by atoms with Crippen LogP contribution in [0.2, 0.25) is 5.15 Å². The summed E-state index contributed by atoms with van der Waals surface area (Å²) in [6, 6.07) is 3.31. The molecule has 2 rings (SSSR count).